The van der Waals surface area contributed by atoms with Gasteiger partial charge in [0, 0.05) is 31.6 Å². The average molecular weight is 280 g/mol. The number of carbonyl (C=O) groups is 1. The van der Waals surface area contributed by atoms with Gasteiger partial charge in [-0.1, -0.05) is 26.0 Å². The van der Waals surface area contributed by atoms with Crippen molar-refractivity contribution in [2.24, 2.45) is 5.92 Å². The monoisotopic (exact) mass is 280 g/mol. The van der Waals surface area contributed by atoms with Gasteiger partial charge < -0.3 is 20.5 Å². The maximum Gasteiger partial charge on any atom is 0.221 e. The Morgan fingerprint density at radius 3 is 2.80 bits per heavy atom. The van der Waals surface area contributed by atoms with Crippen LogP contribution in [-0.4, -0.2) is 31.2 Å². The molecule has 0 saturated heterocycles. The van der Waals surface area contributed by atoms with E-state index in [0.717, 1.165) is 5.56 Å². The van der Waals surface area contributed by atoms with Crippen LogP contribution in [0.5, 0.6) is 11.5 Å². The van der Waals surface area contributed by atoms with Crippen LogP contribution in [0.3, 0.4) is 0 Å². The summed E-state index contributed by atoms with van der Waals surface area (Å²) in [6.07, 6.45) is 0.428. The van der Waals surface area contributed by atoms with E-state index in [2.05, 4.69) is 24.5 Å². The maximum atomic E-state index is 11.5. The lowest BCUT2D eigenvalue weighted by molar-refractivity contribution is -0.121. The molecule has 0 aliphatic heterocycles. The summed E-state index contributed by atoms with van der Waals surface area (Å²) < 4.78 is 5.04. The number of phenolic OH excluding ortho intramolecular Hbond substituents is 1. The summed E-state index contributed by atoms with van der Waals surface area (Å²) in [5, 5.41) is 15.9. The highest BCUT2D eigenvalue weighted by Gasteiger charge is 2.07. The van der Waals surface area contributed by atoms with Gasteiger partial charge in [-0.15, -0.1) is 0 Å². The number of phenols is 1. The van der Waals surface area contributed by atoms with Gasteiger partial charge in [-0.2, -0.15) is 0 Å². The van der Waals surface area contributed by atoms with Crippen molar-refractivity contribution in [1.29, 1.82) is 0 Å². The Balaban J connectivity index is 2.29. The van der Waals surface area contributed by atoms with Crippen LogP contribution >= 0.6 is 0 Å². The summed E-state index contributed by atoms with van der Waals surface area (Å²) in [7, 11) is 1.52. The van der Waals surface area contributed by atoms with Gasteiger partial charge in [-0.3, -0.25) is 4.79 Å². The summed E-state index contributed by atoms with van der Waals surface area (Å²) in [6.45, 7) is 5.89. The van der Waals surface area contributed by atoms with E-state index in [1.54, 1.807) is 6.07 Å². The average Bonchev–Trinajstić information content (AvgIpc) is 2.43. The Morgan fingerprint density at radius 2 is 2.15 bits per heavy atom. The highest BCUT2D eigenvalue weighted by atomic mass is 16.5. The molecule has 1 aromatic rings. The summed E-state index contributed by atoms with van der Waals surface area (Å²) >= 11 is 0. The van der Waals surface area contributed by atoms with Crippen molar-refractivity contribution in [3.8, 4) is 11.5 Å². The van der Waals surface area contributed by atoms with E-state index >= 15 is 0 Å². The lowest BCUT2D eigenvalue weighted by Crippen LogP contribution is -2.30. The zero-order valence-electron chi connectivity index (χ0n) is 12.4. The molecular formula is C15H24N2O3. The molecule has 1 amide bonds. The molecule has 0 heterocycles. The molecule has 1 aromatic carbocycles. The van der Waals surface area contributed by atoms with Gasteiger partial charge in [0.2, 0.25) is 5.91 Å². The molecule has 5 nitrogen and oxygen atoms in total. The first-order valence-electron chi connectivity index (χ1n) is 6.86. The fraction of sp³-hybridized carbons (Fsp3) is 0.533. The zero-order chi connectivity index (χ0) is 15.0. The third kappa shape index (κ3) is 5.48. The van der Waals surface area contributed by atoms with Crippen LogP contribution in [0.15, 0.2) is 18.2 Å². The van der Waals surface area contributed by atoms with Gasteiger partial charge in [0.15, 0.2) is 11.5 Å². The van der Waals surface area contributed by atoms with Crippen molar-refractivity contribution >= 4 is 5.91 Å². The van der Waals surface area contributed by atoms with E-state index in [1.165, 1.54) is 7.11 Å². The first-order valence-corrected chi connectivity index (χ1v) is 6.86. The van der Waals surface area contributed by atoms with Crippen LogP contribution in [0.4, 0.5) is 0 Å². The molecule has 0 aromatic heterocycles. The number of hydrogen-bond acceptors (Lipinski definition) is 4. The second-order valence-electron chi connectivity index (χ2n) is 5.09. The summed E-state index contributed by atoms with van der Waals surface area (Å²) in [4.78, 5) is 11.5. The van der Waals surface area contributed by atoms with Crippen LogP contribution in [0.25, 0.3) is 0 Å². The van der Waals surface area contributed by atoms with Crippen molar-refractivity contribution in [2.45, 2.75) is 26.8 Å². The summed E-state index contributed by atoms with van der Waals surface area (Å²) in [6, 6.07) is 5.35. The number of rotatable bonds is 8. The van der Waals surface area contributed by atoms with Gasteiger partial charge in [0.05, 0.1) is 7.11 Å². The molecule has 0 atom stereocenters. The minimum Gasteiger partial charge on any atom is -0.504 e. The predicted molar refractivity (Wildman–Crippen MR) is 78.8 cm³/mol. The largest absolute Gasteiger partial charge is 0.504 e. The molecule has 0 spiro atoms. The van der Waals surface area contributed by atoms with Crippen LogP contribution in [0.1, 0.15) is 25.8 Å². The molecule has 112 valence electrons. The van der Waals surface area contributed by atoms with E-state index in [4.69, 9.17) is 4.74 Å². The Bertz CT molecular complexity index is 433. The quantitative estimate of drug-likeness (QED) is 0.633. The number of methoxy groups -OCH3 is 1. The van der Waals surface area contributed by atoms with E-state index in [-0.39, 0.29) is 11.7 Å². The van der Waals surface area contributed by atoms with E-state index in [9.17, 15) is 9.90 Å². The van der Waals surface area contributed by atoms with Gasteiger partial charge in [-0.05, 0) is 12.0 Å². The number of aromatic hydroxyl groups is 1. The van der Waals surface area contributed by atoms with Crippen molar-refractivity contribution in [3.05, 3.63) is 23.8 Å². The van der Waals surface area contributed by atoms with E-state index < -0.39 is 0 Å². The molecular weight excluding hydrogens is 256 g/mol. The fourth-order valence-corrected chi connectivity index (χ4v) is 1.71. The second-order valence-corrected chi connectivity index (χ2v) is 5.09. The van der Waals surface area contributed by atoms with Gasteiger partial charge in [0.25, 0.3) is 0 Å². The van der Waals surface area contributed by atoms with Gasteiger partial charge in [-0.25, -0.2) is 0 Å². The van der Waals surface area contributed by atoms with Gasteiger partial charge in [0.1, 0.15) is 0 Å². The SMILES string of the molecule is COc1cccc(CNCCC(=O)NCC(C)C)c1O. The number of hydrogen-bond donors (Lipinski definition) is 3. The van der Waals surface area contributed by atoms with Crippen molar-refractivity contribution < 1.29 is 14.6 Å². The molecule has 3 N–H and O–H groups in total. The number of carbonyl (C=O) groups excluding carboxylic acids is 1. The Hall–Kier alpha value is -1.75. The number of nitrogens with one attached hydrogen (secondary N) is 2. The number of para-hydroxylation sites is 1. The van der Waals surface area contributed by atoms with Crippen molar-refractivity contribution in [2.75, 3.05) is 20.2 Å². The molecule has 20 heavy (non-hydrogen) atoms. The third-order valence-electron chi connectivity index (χ3n) is 2.85. The number of ether oxygens (including phenoxy) is 1. The molecule has 0 saturated carbocycles. The molecule has 0 radical (unpaired) electrons. The Labute approximate surface area is 120 Å². The first kappa shape index (κ1) is 16.3. The molecule has 0 aliphatic carbocycles. The highest BCUT2D eigenvalue weighted by molar-refractivity contribution is 5.76. The summed E-state index contributed by atoms with van der Waals surface area (Å²) in [5.74, 6) is 1.10. The van der Waals surface area contributed by atoms with E-state index in [1.807, 2.05) is 12.1 Å². The lowest BCUT2D eigenvalue weighted by atomic mass is 10.2. The Kier molecular flexibility index (Phi) is 6.87. The maximum absolute atomic E-state index is 11.5. The molecule has 0 aliphatic rings. The van der Waals surface area contributed by atoms with Crippen LogP contribution in [-0.2, 0) is 11.3 Å². The number of benzene rings is 1. The lowest BCUT2D eigenvalue weighted by Gasteiger charge is -2.10. The number of amides is 1. The smallest absolute Gasteiger partial charge is 0.221 e. The zero-order valence-corrected chi connectivity index (χ0v) is 12.4. The van der Waals surface area contributed by atoms with E-state index in [0.29, 0.717) is 37.7 Å². The predicted octanol–water partition coefficient (Wildman–Crippen LogP) is 1.65. The third-order valence-corrected chi connectivity index (χ3v) is 2.85. The fourth-order valence-electron chi connectivity index (χ4n) is 1.71. The standard InChI is InChI=1S/C15H24N2O3/c1-11(2)9-17-14(18)7-8-16-10-12-5-4-6-13(20-3)15(12)19/h4-6,11,16,19H,7-10H2,1-3H3,(H,17,18). The van der Waals surface area contributed by atoms with Crippen molar-refractivity contribution in [3.63, 3.8) is 0 Å². The molecule has 1 rings (SSSR count). The normalized spacial score (nSPS) is 10.6. The van der Waals surface area contributed by atoms with Crippen LogP contribution in [0, 0.1) is 5.92 Å². The van der Waals surface area contributed by atoms with Crippen molar-refractivity contribution in [1.82, 2.24) is 10.6 Å². The van der Waals surface area contributed by atoms with Gasteiger partial charge >= 0.3 is 0 Å². The Morgan fingerprint density at radius 1 is 1.40 bits per heavy atom. The highest BCUT2D eigenvalue weighted by Crippen LogP contribution is 2.28. The minimum atomic E-state index is 0.0427. The molecule has 0 bridgehead atoms. The molecule has 0 fully saturated rings. The molecule has 5 heteroatoms. The topological polar surface area (TPSA) is 70.6 Å². The first-order chi connectivity index (χ1) is 9.54. The summed E-state index contributed by atoms with van der Waals surface area (Å²) in [5.41, 5.74) is 0.756. The van der Waals surface area contributed by atoms with Crippen LogP contribution < -0.4 is 15.4 Å². The second kappa shape index (κ2) is 8.43. The minimum absolute atomic E-state index is 0.0427. The van der Waals surface area contributed by atoms with Crippen LogP contribution in [0.2, 0.25) is 0 Å². The molecule has 0 unspecified atom stereocenters.